The number of halogens is 1. The molecule has 0 aliphatic heterocycles. The number of hydrogen-bond donors (Lipinski definition) is 2. The number of aromatic nitrogens is 1. The van der Waals surface area contributed by atoms with Crippen molar-refractivity contribution in [1.29, 1.82) is 0 Å². The first-order chi connectivity index (χ1) is 8.74. The van der Waals surface area contributed by atoms with Gasteiger partial charge in [0.1, 0.15) is 0 Å². The second kappa shape index (κ2) is 6.39. The zero-order valence-corrected chi connectivity index (χ0v) is 12.5. The van der Waals surface area contributed by atoms with Gasteiger partial charge in [-0.05, 0) is 37.8 Å². The number of nitrogens with one attached hydrogen (secondary N) is 1. The number of hydrogen-bond acceptors (Lipinski definition) is 4. The third-order valence-corrected chi connectivity index (χ3v) is 3.72. The Balaban J connectivity index is 2.41. The largest absolute Gasteiger partial charge is 0.388 e. The SMILES string of the molecule is Cc1noc(Cl)c1CCC(=O)NCC(C)(O)C(C)C. The fourth-order valence-corrected chi connectivity index (χ4v) is 1.71. The van der Waals surface area contributed by atoms with Gasteiger partial charge in [-0.15, -0.1) is 0 Å². The maximum absolute atomic E-state index is 11.7. The normalized spacial score (nSPS) is 14.5. The summed E-state index contributed by atoms with van der Waals surface area (Å²) in [5.74, 6) is -0.0554. The van der Waals surface area contributed by atoms with Crippen molar-refractivity contribution in [2.75, 3.05) is 6.54 Å². The molecule has 5 nitrogen and oxygen atoms in total. The van der Waals surface area contributed by atoms with Crippen molar-refractivity contribution in [2.24, 2.45) is 5.92 Å². The van der Waals surface area contributed by atoms with E-state index in [0.717, 1.165) is 5.56 Å². The maximum Gasteiger partial charge on any atom is 0.229 e. The standard InChI is InChI=1S/C13H21ClN2O3/c1-8(2)13(4,18)7-15-11(17)6-5-10-9(3)16-19-12(10)14/h8,18H,5-7H2,1-4H3,(H,15,17). The highest BCUT2D eigenvalue weighted by atomic mass is 35.5. The highest BCUT2D eigenvalue weighted by Gasteiger charge is 2.25. The van der Waals surface area contributed by atoms with E-state index in [-0.39, 0.29) is 30.0 Å². The summed E-state index contributed by atoms with van der Waals surface area (Å²) in [5.41, 5.74) is 0.555. The first-order valence-corrected chi connectivity index (χ1v) is 6.71. The Hall–Kier alpha value is -1.07. The van der Waals surface area contributed by atoms with Gasteiger partial charge in [0.25, 0.3) is 0 Å². The monoisotopic (exact) mass is 288 g/mol. The van der Waals surface area contributed by atoms with Crippen LogP contribution in [0.3, 0.4) is 0 Å². The number of carbonyl (C=O) groups excluding carboxylic acids is 1. The Labute approximate surface area is 118 Å². The first-order valence-electron chi connectivity index (χ1n) is 6.33. The molecule has 0 fully saturated rings. The van der Waals surface area contributed by atoms with Crippen LogP contribution in [0.15, 0.2) is 4.52 Å². The van der Waals surface area contributed by atoms with Crippen LogP contribution in [0.25, 0.3) is 0 Å². The van der Waals surface area contributed by atoms with Gasteiger partial charge in [0.2, 0.25) is 11.1 Å². The molecule has 1 aromatic heterocycles. The Morgan fingerprint density at radius 3 is 2.68 bits per heavy atom. The van der Waals surface area contributed by atoms with Crippen LogP contribution in [0.2, 0.25) is 5.22 Å². The number of nitrogens with zero attached hydrogens (tertiary/aromatic N) is 1. The number of carbonyl (C=O) groups is 1. The van der Waals surface area contributed by atoms with E-state index in [4.69, 9.17) is 16.1 Å². The molecule has 108 valence electrons. The molecular formula is C13H21ClN2O3. The van der Waals surface area contributed by atoms with Gasteiger partial charge in [0, 0.05) is 18.5 Å². The van der Waals surface area contributed by atoms with Gasteiger partial charge in [0.05, 0.1) is 11.3 Å². The summed E-state index contributed by atoms with van der Waals surface area (Å²) in [6, 6.07) is 0. The predicted molar refractivity (Wildman–Crippen MR) is 73.0 cm³/mol. The summed E-state index contributed by atoms with van der Waals surface area (Å²) in [6.07, 6.45) is 0.764. The highest BCUT2D eigenvalue weighted by Crippen LogP contribution is 2.20. The molecule has 2 N–H and O–H groups in total. The summed E-state index contributed by atoms with van der Waals surface area (Å²) < 4.78 is 4.82. The Morgan fingerprint density at radius 1 is 1.58 bits per heavy atom. The fourth-order valence-electron chi connectivity index (χ4n) is 1.45. The fraction of sp³-hybridized carbons (Fsp3) is 0.692. The lowest BCUT2D eigenvalue weighted by Gasteiger charge is -2.27. The summed E-state index contributed by atoms with van der Waals surface area (Å²) in [5, 5.41) is 16.7. The van der Waals surface area contributed by atoms with Gasteiger partial charge >= 0.3 is 0 Å². The molecule has 0 radical (unpaired) electrons. The molecule has 1 rings (SSSR count). The maximum atomic E-state index is 11.7. The molecule has 0 aliphatic rings. The van der Waals surface area contributed by atoms with Gasteiger partial charge < -0.3 is 14.9 Å². The van der Waals surface area contributed by atoms with E-state index in [1.165, 1.54) is 0 Å². The van der Waals surface area contributed by atoms with Gasteiger partial charge in [-0.25, -0.2) is 0 Å². The van der Waals surface area contributed by atoms with Gasteiger partial charge in [-0.1, -0.05) is 19.0 Å². The lowest BCUT2D eigenvalue weighted by Crippen LogP contribution is -2.44. The van der Waals surface area contributed by atoms with Gasteiger partial charge in [-0.3, -0.25) is 4.79 Å². The van der Waals surface area contributed by atoms with Crippen LogP contribution in [-0.2, 0) is 11.2 Å². The van der Waals surface area contributed by atoms with Crippen LogP contribution in [-0.4, -0.2) is 28.3 Å². The Kier molecular flexibility index (Phi) is 5.38. The van der Waals surface area contributed by atoms with Crippen LogP contribution in [0.1, 0.15) is 38.4 Å². The minimum atomic E-state index is -0.902. The lowest BCUT2D eigenvalue weighted by molar-refractivity contribution is -0.122. The van der Waals surface area contributed by atoms with E-state index < -0.39 is 5.60 Å². The second-order valence-electron chi connectivity index (χ2n) is 5.31. The van der Waals surface area contributed by atoms with E-state index >= 15 is 0 Å². The molecule has 0 spiro atoms. The molecule has 1 heterocycles. The van der Waals surface area contributed by atoms with E-state index in [0.29, 0.717) is 12.1 Å². The lowest BCUT2D eigenvalue weighted by atomic mass is 9.92. The molecule has 6 heteroatoms. The summed E-state index contributed by atoms with van der Waals surface area (Å²) in [4.78, 5) is 11.7. The number of rotatable bonds is 6. The van der Waals surface area contributed by atoms with Gasteiger partial charge in [-0.2, -0.15) is 0 Å². The quantitative estimate of drug-likeness (QED) is 0.840. The van der Waals surface area contributed by atoms with E-state index in [9.17, 15) is 9.90 Å². The first kappa shape index (κ1) is 16.0. The van der Waals surface area contributed by atoms with E-state index in [1.807, 2.05) is 13.8 Å². The van der Waals surface area contributed by atoms with Crippen LogP contribution in [0, 0.1) is 12.8 Å². The van der Waals surface area contributed by atoms with E-state index in [1.54, 1.807) is 13.8 Å². The van der Waals surface area contributed by atoms with Crippen molar-refractivity contribution in [1.82, 2.24) is 10.5 Å². The second-order valence-corrected chi connectivity index (χ2v) is 5.65. The van der Waals surface area contributed by atoms with Crippen molar-refractivity contribution in [3.8, 4) is 0 Å². The van der Waals surface area contributed by atoms with Crippen molar-refractivity contribution >= 4 is 17.5 Å². The minimum Gasteiger partial charge on any atom is -0.388 e. The zero-order valence-electron chi connectivity index (χ0n) is 11.8. The highest BCUT2D eigenvalue weighted by molar-refractivity contribution is 6.29. The molecule has 0 bridgehead atoms. The number of aryl methyl sites for hydroxylation is 1. The Bertz CT molecular complexity index is 422. The molecule has 0 aromatic carbocycles. The van der Waals surface area contributed by atoms with Crippen molar-refractivity contribution < 1.29 is 14.4 Å². The molecule has 0 saturated carbocycles. The van der Waals surface area contributed by atoms with Crippen molar-refractivity contribution in [3.05, 3.63) is 16.5 Å². The van der Waals surface area contributed by atoms with Gasteiger partial charge in [0.15, 0.2) is 0 Å². The third kappa shape index (κ3) is 4.51. The third-order valence-electron chi connectivity index (χ3n) is 3.43. The number of amides is 1. The summed E-state index contributed by atoms with van der Waals surface area (Å²) >= 11 is 5.82. The van der Waals surface area contributed by atoms with Crippen LogP contribution in [0.5, 0.6) is 0 Å². The molecule has 1 aromatic rings. The number of aliphatic hydroxyl groups is 1. The molecule has 19 heavy (non-hydrogen) atoms. The summed E-state index contributed by atoms with van der Waals surface area (Å²) in [6.45, 7) is 7.55. The van der Waals surface area contributed by atoms with E-state index in [2.05, 4.69) is 10.5 Å². The Morgan fingerprint density at radius 2 is 2.21 bits per heavy atom. The molecule has 1 atom stereocenters. The minimum absolute atomic E-state index is 0.0718. The average molecular weight is 289 g/mol. The molecule has 0 saturated heterocycles. The molecule has 1 unspecified atom stereocenters. The van der Waals surface area contributed by atoms with Crippen LogP contribution >= 0.6 is 11.6 Å². The molecule has 0 aliphatic carbocycles. The average Bonchev–Trinajstić information content (AvgIpc) is 2.64. The van der Waals surface area contributed by atoms with Crippen LogP contribution in [0.4, 0.5) is 0 Å². The topological polar surface area (TPSA) is 75.4 Å². The predicted octanol–water partition coefficient (Wildman–Crippen LogP) is 2.09. The smallest absolute Gasteiger partial charge is 0.229 e. The van der Waals surface area contributed by atoms with Crippen molar-refractivity contribution in [3.63, 3.8) is 0 Å². The zero-order chi connectivity index (χ0) is 14.6. The molecule has 1 amide bonds. The van der Waals surface area contributed by atoms with Crippen molar-refractivity contribution in [2.45, 2.75) is 46.1 Å². The molecular weight excluding hydrogens is 268 g/mol. The summed E-state index contributed by atoms with van der Waals surface area (Å²) in [7, 11) is 0. The van der Waals surface area contributed by atoms with Crippen LogP contribution < -0.4 is 5.32 Å².